The SMILES string of the molecule is O=C1CC(=O)N(c2cc(Cl)ncc2[N+](=O)[O-])C1. The molecular weight excluding hydrogens is 250 g/mol. The van der Waals surface area contributed by atoms with Crippen LogP contribution in [0.2, 0.25) is 5.15 Å². The van der Waals surface area contributed by atoms with E-state index in [4.69, 9.17) is 11.6 Å². The number of amides is 1. The Morgan fingerprint density at radius 2 is 2.18 bits per heavy atom. The van der Waals surface area contributed by atoms with E-state index in [1.807, 2.05) is 0 Å². The van der Waals surface area contributed by atoms with E-state index in [9.17, 15) is 19.7 Å². The fourth-order valence-electron chi connectivity index (χ4n) is 1.57. The first-order valence-corrected chi connectivity index (χ1v) is 4.99. The van der Waals surface area contributed by atoms with Gasteiger partial charge >= 0.3 is 5.69 Å². The first kappa shape index (κ1) is 11.5. The molecule has 7 nitrogen and oxygen atoms in total. The number of halogens is 1. The number of carbonyl (C=O) groups excluding carboxylic acids is 2. The summed E-state index contributed by atoms with van der Waals surface area (Å²) in [6.07, 6.45) is 0.727. The topological polar surface area (TPSA) is 93.4 Å². The van der Waals surface area contributed by atoms with E-state index < -0.39 is 10.8 Å². The molecule has 0 radical (unpaired) electrons. The van der Waals surface area contributed by atoms with Crippen LogP contribution in [0.3, 0.4) is 0 Å². The second kappa shape index (κ2) is 4.10. The van der Waals surface area contributed by atoms with Crippen LogP contribution in [-0.4, -0.2) is 28.1 Å². The quantitative estimate of drug-likeness (QED) is 0.339. The first-order valence-electron chi connectivity index (χ1n) is 4.61. The van der Waals surface area contributed by atoms with Crippen LogP contribution in [0.4, 0.5) is 11.4 Å². The highest BCUT2D eigenvalue weighted by Gasteiger charge is 2.33. The number of Topliss-reactive ketones (excluding diaryl/α,β-unsaturated/α-hetero) is 1. The van der Waals surface area contributed by atoms with Crippen molar-refractivity contribution in [3.63, 3.8) is 0 Å². The van der Waals surface area contributed by atoms with Gasteiger partial charge < -0.3 is 0 Å². The van der Waals surface area contributed by atoms with Crippen LogP contribution < -0.4 is 4.90 Å². The second-order valence-electron chi connectivity index (χ2n) is 3.45. The molecule has 0 saturated carbocycles. The normalized spacial score (nSPS) is 15.5. The van der Waals surface area contributed by atoms with E-state index >= 15 is 0 Å². The number of hydrogen-bond donors (Lipinski definition) is 0. The van der Waals surface area contributed by atoms with Crippen LogP contribution in [0.5, 0.6) is 0 Å². The Balaban J connectivity index is 2.50. The molecule has 2 heterocycles. The van der Waals surface area contributed by atoms with Crippen molar-refractivity contribution in [3.05, 3.63) is 27.5 Å². The highest BCUT2D eigenvalue weighted by molar-refractivity contribution is 6.30. The smallest absolute Gasteiger partial charge is 0.298 e. The average molecular weight is 256 g/mol. The fraction of sp³-hybridized carbons (Fsp3) is 0.222. The predicted molar refractivity (Wildman–Crippen MR) is 57.9 cm³/mol. The molecule has 1 fully saturated rings. The fourth-order valence-corrected chi connectivity index (χ4v) is 1.73. The van der Waals surface area contributed by atoms with Gasteiger partial charge in [0.15, 0.2) is 5.78 Å². The lowest BCUT2D eigenvalue weighted by atomic mass is 10.3. The van der Waals surface area contributed by atoms with E-state index in [0.717, 1.165) is 11.1 Å². The number of nitro groups is 1. The maximum absolute atomic E-state index is 11.5. The van der Waals surface area contributed by atoms with Crippen molar-refractivity contribution in [2.24, 2.45) is 0 Å². The van der Waals surface area contributed by atoms with Crippen molar-refractivity contribution in [1.29, 1.82) is 0 Å². The molecule has 0 aliphatic carbocycles. The molecule has 1 aromatic rings. The van der Waals surface area contributed by atoms with Crippen molar-refractivity contribution in [2.45, 2.75) is 6.42 Å². The van der Waals surface area contributed by atoms with Crippen molar-refractivity contribution in [2.75, 3.05) is 11.4 Å². The number of ketones is 1. The van der Waals surface area contributed by atoms with Crippen LogP contribution in [0, 0.1) is 10.1 Å². The molecule has 0 atom stereocenters. The van der Waals surface area contributed by atoms with Crippen molar-refractivity contribution in [3.8, 4) is 0 Å². The Hall–Kier alpha value is -2.02. The Labute approximate surface area is 100 Å². The van der Waals surface area contributed by atoms with Gasteiger partial charge in [-0.2, -0.15) is 0 Å². The lowest BCUT2D eigenvalue weighted by Crippen LogP contribution is -2.25. The number of pyridine rings is 1. The van der Waals surface area contributed by atoms with Crippen LogP contribution in [0.15, 0.2) is 12.3 Å². The van der Waals surface area contributed by atoms with E-state index in [-0.39, 0.29) is 35.3 Å². The van der Waals surface area contributed by atoms with Crippen molar-refractivity contribution >= 4 is 34.7 Å². The minimum atomic E-state index is -0.672. The minimum absolute atomic E-state index is 0.00542. The zero-order valence-corrected chi connectivity index (χ0v) is 9.18. The molecule has 1 saturated heterocycles. The average Bonchev–Trinajstić information content (AvgIpc) is 2.57. The molecule has 1 amide bonds. The second-order valence-corrected chi connectivity index (χ2v) is 3.84. The molecule has 0 unspecified atom stereocenters. The van der Waals surface area contributed by atoms with Gasteiger partial charge in [-0.25, -0.2) is 4.98 Å². The van der Waals surface area contributed by atoms with Gasteiger partial charge in [0.1, 0.15) is 17.0 Å². The monoisotopic (exact) mass is 255 g/mol. The molecular formula is C9H6ClN3O4. The first-order chi connectivity index (χ1) is 7.99. The van der Waals surface area contributed by atoms with E-state index in [0.29, 0.717) is 0 Å². The van der Waals surface area contributed by atoms with Crippen molar-refractivity contribution in [1.82, 2.24) is 4.98 Å². The summed E-state index contributed by atoms with van der Waals surface area (Å²) >= 11 is 5.63. The summed E-state index contributed by atoms with van der Waals surface area (Å²) in [5.41, 5.74) is -0.344. The van der Waals surface area contributed by atoms with Gasteiger partial charge in [-0.3, -0.25) is 24.6 Å². The maximum atomic E-state index is 11.5. The molecule has 88 valence electrons. The van der Waals surface area contributed by atoms with Crippen molar-refractivity contribution < 1.29 is 14.5 Å². The zero-order chi connectivity index (χ0) is 12.6. The van der Waals surface area contributed by atoms with Crippen LogP contribution in [0.25, 0.3) is 0 Å². The van der Waals surface area contributed by atoms with Gasteiger partial charge in [0.2, 0.25) is 5.91 Å². The lowest BCUT2D eigenvalue weighted by molar-refractivity contribution is -0.384. The van der Waals surface area contributed by atoms with Crippen LogP contribution in [0.1, 0.15) is 6.42 Å². The molecule has 17 heavy (non-hydrogen) atoms. The van der Waals surface area contributed by atoms with Gasteiger partial charge in [-0.05, 0) is 0 Å². The van der Waals surface area contributed by atoms with E-state index in [1.54, 1.807) is 0 Å². The summed E-state index contributed by atoms with van der Waals surface area (Å²) in [6.45, 7) is -0.167. The Morgan fingerprint density at radius 1 is 1.47 bits per heavy atom. The summed E-state index contributed by atoms with van der Waals surface area (Å²) in [7, 11) is 0. The molecule has 0 N–H and O–H groups in total. The minimum Gasteiger partial charge on any atom is -0.298 e. The number of aromatic nitrogens is 1. The third kappa shape index (κ3) is 2.09. The molecule has 0 aromatic carbocycles. The van der Waals surface area contributed by atoms with Gasteiger partial charge in [-0.15, -0.1) is 0 Å². The van der Waals surface area contributed by atoms with Gasteiger partial charge in [-0.1, -0.05) is 11.6 Å². The van der Waals surface area contributed by atoms with Gasteiger partial charge in [0, 0.05) is 6.07 Å². The largest absolute Gasteiger partial charge is 0.311 e. The Kier molecular flexibility index (Phi) is 2.76. The Morgan fingerprint density at radius 3 is 2.71 bits per heavy atom. The van der Waals surface area contributed by atoms with E-state index in [2.05, 4.69) is 4.98 Å². The summed E-state index contributed by atoms with van der Waals surface area (Å²) in [5, 5.41) is 10.8. The number of anilines is 1. The number of hydrogen-bond acceptors (Lipinski definition) is 5. The standard InChI is InChI=1S/C9H6ClN3O4/c10-8-2-6(7(3-11-8)13(16)17)12-4-5(14)1-9(12)15/h2-3H,1,4H2. The molecule has 1 aliphatic rings. The summed E-state index contributed by atoms with van der Waals surface area (Å²) < 4.78 is 0. The number of nitrogens with zero attached hydrogens (tertiary/aromatic N) is 3. The zero-order valence-electron chi connectivity index (χ0n) is 8.42. The highest BCUT2D eigenvalue weighted by Crippen LogP contribution is 2.31. The molecule has 8 heteroatoms. The lowest BCUT2D eigenvalue weighted by Gasteiger charge is -2.14. The van der Waals surface area contributed by atoms with Gasteiger partial charge in [0.25, 0.3) is 0 Å². The molecule has 0 bridgehead atoms. The molecule has 0 spiro atoms. The molecule has 1 aromatic heterocycles. The highest BCUT2D eigenvalue weighted by atomic mass is 35.5. The third-order valence-electron chi connectivity index (χ3n) is 2.30. The molecule has 2 rings (SSSR count). The third-order valence-corrected chi connectivity index (χ3v) is 2.51. The predicted octanol–water partition coefficient (Wildman–Crippen LogP) is 0.949. The summed E-state index contributed by atoms with van der Waals surface area (Å²) in [6, 6.07) is 1.20. The van der Waals surface area contributed by atoms with Crippen LogP contribution >= 0.6 is 11.6 Å². The van der Waals surface area contributed by atoms with Crippen LogP contribution in [-0.2, 0) is 9.59 Å². The summed E-state index contributed by atoms with van der Waals surface area (Å²) in [4.78, 5) is 37.3. The number of rotatable bonds is 2. The maximum Gasteiger partial charge on any atom is 0.311 e. The summed E-state index contributed by atoms with van der Waals surface area (Å²) in [5.74, 6) is -0.752. The number of carbonyl (C=O) groups is 2. The molecule has 1 aliphatic heterocycles. The Bertz CT molecular complexity index is 531. The van der Waals surface area contributed by atoms with E-state index in [1.165, 1.54) is 6.07 Å². The van der Waals surface area contributed by atoms with Gasteiger partial charge in [0.05, 0.1) is 17.9 Å².